The van der Waals surface area contributed by atoms with E-state index < -0.39 is 16.8 Å². The van der Waals surface area contributed by atoms with Gasteiger partial charge in [-0.15, -0.1) is 0 Å². The Hall–Kier alpha value is -2.86. The molecule has 2 atom stereocenters. The smallest absolute Gasteiger partial charge is 0.271 e. The van der Waals surface area contributed by atoms with Crippen LogP contribution in [0.15, 0.2) is 15.7 Å². The average Bonchev–Trinajstić information content (AvgIpc) is 3.36. The standard InChI is InChI=1S/C20H19FN4O3S/c1-9-7-24(8-10(9)6-22)16-13(21)5-12-15(18(16)28-2)25(11-3-4-11)20-14(17(12)26)19(27)23-29-20/h5,9-11H,3-4,7-8H2,1-2H3,(H,23,27). The van der Waals surface area contributed by atoms with Gasteiger partial charge >= 0.3 is 0 Å². The van der Waals surface area contributed by atoms with Gasteiger partial charge in [-0.25, -0.2) is 4.39 Å². The van der Waals surface area contributed by atoms with E-state index in [-0.39, 0.29) is 40.1 Å². The van der Waals surface area contributed by atoms with Crippen LogP contribution in [-0.2, 0) is 0 Å². The van der Waals surface area contributed by atoms with E-state index in [4.69, 9.17) is 4.74 Å². The van der Waals surface area contributed by atoms with Crippen molar-refractivity contribution in [1.82, 2.24) is 8.94 Å². The zero-order valence-electron chi connectivity index (χ0n) is 16.0. The lowest BCUT2D eigenvalue weighted by atomic mass is 10.0. The lowest BCUT2D eigenvalue weighted by Gasteiger charge is -2.24. The van der Waals surface area contributed by atoms with Gasteiger partial charge in [0.15, 0.2) is 11.6 Å². The molecular weight excluding hydrogens is 395 g/mol. The molecular formula is C20H19FN4O3S. The van der Waals surface area contributed by atoms with Crippen LogP contribution in [0.5, 0.6) is 5.75 Å². The van der Waals surface area contributed by atoms with E-state index in [0.29, 0.717) is 23.4 Å². The average molecular weight is 414 g/mol. The fraction of sp³-hybridized carbons (Fsp3) is 0.450. The molecule has 3 heterocycles. The number of anilines is 1. The van der Waals surface area contributed by atoms with Gasteiger partial charge in [-0.05, 0) is 36.4 Å². The van der Waals surface area contributed by atoms with Crippen LogP contribution in [-0.4, -0.2) is 29.1 Å². The van der Waals surface area contributed by atoms with Crippen LogP contribution < -0.4 is 20.6 Å². The second kappa shape index (κ2) is 6.32. The van der Waals surface area contributed by atoms with Crippen molar-refractivity contribution < 1.29 is 9.13 Å². The van der Waals surface area contributed by atoms with Gasteiger partial charge in [-0.2, -0.15) is 5.26 Å². The van der Waals surface area contributed by atoms with E-state index in [9.17, 15) is 14.9 Å². The lowest BCUT2D eigenvalue weighted by molar-refractivity contribution is 0.414. The molecule has 1 aliphatic carbocycles. The Morgan fingerprint density at radius 1 is 1.34 bits per heavy atom. The second-order valence-electron chi connectivity index (χ2n) is 7.90. The number of fused-ring (bicyclic) bond motifs is 2. The van der Waals surface area contributed by atoms with Crippen molar-refractivity contribution in [2.75, 3.05) is 25.1 Å². The second-order valence-corrected chi connectivity index (χ2v) is 8.69. The molecule has 2 unspecified atom stereocenters. The summed E-state index contributed by atoms with van der Waals surface area (Å²) in [4.78, 5) is 27.7. The van der Waals surface area contributed by atoms with Crippen molar-refractivity contribution in [2.24, 2.45) is 11.8 Å². The molecule has 7 nitrogen and oxygen atoms in total. The van der Waals surface area contributed by atoms with Crippen LogP contribution in [0.3, 0.4) is 0 Å². The van der Waals surface area contributed by atoms with Gasteiger partial charge in [0, 0.05) is 19.1 Å². The van der Waals surface area contributed by atoms with Crippen molar-refractivity contribution in [3.05, 3.63) is 32.5 Å². The summed E-state index contributed by atoms with van der Waals surface area (Å²) in [5.74, 6) is -0.385. The molecule has 0 spiro atoms. The normalized spacial score (nSPS) is 21.8. The molecule has 0 radical (unpaired) electrons. The minimum Gasteiger partial charge on any atom is -0.492 e. The molecule has 1 saturated heterocycles. The number of nitriles is 1. The van der Waals surface area contributed by atoms with Crippen molar-refractivity contribution in [3.8, 4) is 11.8 Å². The van der Waals surface area contributed by atoms with Crippen LogP contribution >= 0.6 is 11.5 Å². The number of hydrogen-bond donors (Lipinski definition) is 1. The van der Waals surface area contributed by atoms with Crippen molar-refractivity contribution >= 4 is 38.3 Å². The zero-order valence-corrected chi connectivity index (χ0v) is 16.8. The highest BCUT2D eigenvalue weighted by Gasteiger charge is 2.36. The minimum atomic E-state index is -0.578. The molecule has 1 aromatic carbocycles. The molecule has 2 aromatic heterocycles. The van der Waals surface area contributed by atoms with E-state index in [0.717, 1.165) is 24.4 Å². The summed E-state index contributed by atoms with van der Waals surface area (Å²) in [5.41, 5.74) is -0.129. The summed E-state index contributed by atoms with van der Waals surface area (Å²) in [7, 11) is 1.46. The molecule has 3 aromatic rings. The van der Waals surface area contributed by atoms with Gasteiger partial charge in [-0.3, -0.25) is 14.0 Å². The highest BCUT2D eigenvalue weighted by molar-refractivity contribution is 7.12. The number of methoxy groups -OCH3 is 1. The number of hydrogen-bond acceptors (Lipinski definition) is 6. The first-order valence-electron chi connectivity index (χ1n) is 9.56. The summed E-state index contributed by atoms with van der Waals surface area (Å²) in [5, 5.41) is 9.59. The number of aromatic nitrogens is 2. The Kier molecular flexibility index (Phi) is 3.96. The predicted octanol–water partition coefficient (Wildman–Crippen LogP) is 2.98. The number of benzene rings is 1. The van der Waals surface area contributed by atoms with E-state index in [1.165, 1.54) is 13.2 Å². The van der Waals surface area contributed by atoms with Crippen LogP contribution in [0.4, 0.5) is 10.1 Å². The number of nitrogens with one attached hydrogen (secondary N) is 1. The number of ether oxygens (including phenoxy) is 1. The summed E-state index contributed by atoms with van der Waals surface area (Å²) >= 11 is 1.12. The van der Waals surface area contributed by atoms with Crippen molar-refractivity contribution in [3.63, 3.8) is 0 Å². The third-order valence-electron chi connectivity index (χ3n) is 6.01. The molecule has 5 rings (SSSR count). The Balaban J connectivity index is 1.88. The van der Waals surface area contributed by atoms with Gasteiger partial charge in [-0.1, -0.05) is 6.92 Å². The van der Waals surface area contributed by atoms with Gasteiger partial charge in [0.1, 0.15) is 15.9 Å². The van der Waals surface area contributed by atoms with Gasteiger partial charge in [0.25, 0.3) is 5.56 Å². The number of H-pyrrole nitrogens is 1. The van der Waals surface area contributed by atoms with Gasteiger partial charge in [0.2, 0.25) is 5.43 Å². The van der Waals surface area contributed by atoms with Crippen LogP contribution in [0.1, 0.15) is 25.8 Å². The highest BCUT2D eigenvalue weighted by atomic mass is 32.1. The molecule has 0 amide bonds. The maximum Gasteiger partial charge on any atom is 0.271 e. The number of halogens is 1. The minimum absolute atomic E-state index is 0.0722. The maximum absolute atomic E-state index is 15.3. The lowest BCUT2D eigenvalue weighted by Crippen LogP contribution is -2.23. The molecule has 0 bridgehead atoms. The molecule has 9 heteroatoms. The fourth-order valence-electron chi connectivity index (χ4n) is 4.41. The summed E-state index contributed by atoms with van der Waals surface area (Å²) in [6, 6.07) is 3.65. The number of rotatable bonds is 3. The summed E-state index contributed by atoms with van der Waals surface area (Å²) in [6.07, 6.45) is 1.85. The quantitative estimate of drug-likeness (QED) is 0.712. The van der Waals surface area contributed by atoms with E-state index in [1.54, 1.807) is 0 Å². The molecule has 1 aliphatic heterocycles. The molecule has 2 aliphatic rings. The molecule has 2 fully saturated rings. The van der Waals surface area contributed by atoms with Crippen molar-refractivity contribution in [1.29, 1.82) is 5.26 Å². The SMILES string of the molecule is COc1c(N2CC(C)C(C#N)C2)c(F)cc2c(=O)c3c(=O)[nH]sc3n(C3CC3)c12. The van der Waals surface area contributed by atoms with E-state index in [2.05, 4.69) is 10.4 Å². The van der Waals surface area contributed by atoms with E-state index in [1.807, 2.05) is 16.4 Å². The number of aromatic amines is 1. The summed E-state index contributed by atoms with van der Waals surface area (Å²) < 4.78 is 25.6. The Morgan fingerprint density at radius 3 is 2.72 bits per heavy atom. The molecule has 1 N–H and O–H groups in total. The highest BCUT2D eigenvalue weighted by Crippen LogP contribution is 2.46. The monoisotopic (exact) mass is 414 g/mol. The first kappa shape index (κ1) is 18.2. The van der Waals surface area contributed by atoms with Crippen LogP contribution in [0.2, 0.25) is 0 Å². The Morgan fingerprint density at radius 2 is 2.10 bits per heavy atom. The number of nitrogens with zero attached hydrogens (tertiary/aromatic N) is 3. The number of pyridine rings is 1. The Bertz CT molecular complexity index is 1310. The zero-order chi connectivity index (χ0) is 20.4. The van der Waals surface area contributed by atoms with Gasteiger partial charge < -0.3 is 14.2 Å². The maximum atomic E-state index is 15.3. The molecule has 150 valence electrons. The van der Waals surface area contributed by atoms with E-state index >= 15 is 4.39 Å². The molecule has 1 saturated carbocycles. The van der Waals surface area contributed by atoms with Crippen molar-refractivity contribution in [2.45, 2.75) is 25.8 Å². The van der Waals surface area contributed by atoms with Crippen LogP contribution in [0, 0.1) is 29.0 Å². The van der Waals surface area contributed by atoms with Gasteiger partial charge in [0.05, 0.1) is 30.0 Å². The summed E-state index contributed by atoms with van der Waals surface area (Å²) in [6.45, 7) is 2.91. The molecule has 29 heavy (non-hydrogen) atoms. The fourth-order valence-corrected chi connectivity index (χ4v) is 5.32. The third kappa shape index (κ3) is 2.52. The largest absolute Gasteiger partial charge is 0.492 e. The first-order chi connectivity index (χ1) is 14.0. The Labute approximate surface area is 169 Å². The first-order valence-corrected chi connectivity index (χ1v) is 10.4. The van der Waals surface area contributed by atoms with Crippen LogP contribution in [0.25, 0.3) is 21.1 Å². The third-order valence-corrected chi connectivity index (χ3v) is 6.89. The topological polar surface area (TPSA) is 91.1 Å². The predicted molar refractivity (Wildman–Crippen MR) is 109 cm³/mol.